The van der Waals surface area contributed by atoms with Gasteiger partial charge in [-0.2, -0.15) is 4.68 Å². The second-order valence-corrected chi connectivity index (χ2v) is 6.44. The van der Waals surface area contributed by atoms with E-state index < -0.39 is 12.0 Å². The van der Waals surface area contributed by atoms with Crippen LogP contribution in [-0.4, -0.2) is 45.0 Å². The molecule has 1 aromatic carbocycles. The highest BCUT2D eigenvalue weighted by Gasteiger charge is 2.35. The zero-order valence-electron chi connectivity index (χ0n) is 15.1. The van der Waals surface area contributed by atoms with Crippen molar-refractivity contribution < 1.29 is 19.4 Å². The highest BCUT2D eigenvalue weighted by molar-refractivity contribution is 5.92. The second-order valence-electron chi connectivity index (χ2n) is 6.44. The summed E-state index contributed by atoms with van der Waals surface area (Å²) in [5.74, 6) is 0.490. The number of fused-ring (bicyclic) bond motifs is 1. The van der Waals surface area contributed by atoms with Gasteiger partial charge in [-0.05, 0) is 41.0 Å². The van der Waals surface area contributed by atoms with Gasteiger partial charge in [-0.3, -0.25) is 0 Å². The maximum absolute atomic E-state index is 12.8. The lowest BCUT2D eigenvalue weighted by molar-refractivity contribution is -0.140. The number of nitrogens with one attached hydrogen (secondary N) is 1. The van der Waals surface area contributed by atoms with E-state index in [1.54, 1.807) is 19.1 Å². The summed E-state index contributed by atoms with van der Waals surface area (Å²) >= 11 is 0. The molecular weight excluding hydrogens is 338 g/mol. The molecule has 0 amide bonds. The molecule has 0 aliphatic carbocycles. The van der Waals surface area contributed by atoms with Crippen LogP contribution in [0.2, 0.25) is 0 Å². The molecule has 2 N–H and O–H groups in total. The van der Waals surface area contributed by atoms with Crippen molar-refractivity contribution in [3.05, 3.63) is 35.0 Å². The third-order valence-corrected chi connectivity index (χ3v) is 4.00. The van der Waals surface area contributed by atoms with Crippen molar-refractivity contribution in [2.75, 3.05) is 19.0 Å². The molecule has 0 bridgehead atoms. The Morgan fingerprint density at radius 2 is 2.19 bits per heavy atom. The lowest BCUT2D eigenvalue weighted by Crippen LogP contribution is -2.30. The first-order valence-electron chi connectivity index (χ1n) is 8.22. The molecule has 1 aliphatic heterocycles. The van der Waals surface area contributed by atoms with E-state index in [1.165, 1.54) is 17.9 Å². The summed E-state index contributed by atoms with van der Waals surface area (Å²) in [4.78, 5) is 12.8. The van der Waals surface area contributed by atoms with Crippen LogP contribution < -0.4 is 10.1 Å². The van der Waals surface area contributed by atoms with E-state index in [9.17, 15) is 9.90 Å². The monoisotopic (exact) mass is 359 g/mol. The molecule has 0 radical (unpaired) electrons. The first-order chi connectivity index (χ1) is 12.4. The van der Waals surface area contributed by atoms with Crippen molar-refractivity contribution in [2.45, 2.75) is 26.8 Å². The van der Waals surface area contributed by atoms with Crippen molar-refractivity contribution in [1.29, 1.82) is 0 Å². The fourth-order valence-corrected chi connectivity index (χ4v) is 2.77. The second kappa shape index (κ2) is 7.03. The number of nitrogens with zero attached hydrogens (tertiary/aromatic N) is 4. The van der Waals surface area contributed by atoms with Gasteiger partial charge in [0.25, 0.3) is 0 Å². The molecule has 9 nitrogen and oxygen atoms in total. The fourth-order valence-electron chi connectivity index (χ4n) is 2.77. The molecule has 3 rings (SSSR count). The Labute approximate surface area is 150 Å². The van der Waals surface area contributed by atoms with Crippen LogP contribution in [0.15, 0.2) is 29.5 Å². The van der Waals surface area contributed by atoms with Crippen molar-refractivity contribution in [2.24, 2.45) is 5.92 Å². The van der Waals surface area contributed by atoms with Crippen LogP contribution in [0.4, 0.5) is 5.95 Å². The van der Waals surface area contributed by atoms with Crippen LogP contribution in [-0.2, 0) is 9.53 Å². The molecule has 1 aromatic heterocycles. The number of aromatic nitrogens is 4. The molecule has 0 spiro atoms. The van der Waals surface area contributed by atoms with E-state index in [1.807, 2.05) is 13.8 Å². The lowest BCUT2D eigenvalue weighted by Gasteiger charge is -2.27. The van der Waals surface area contributed by atoms with E-state index >= 15 is 0 Å². The highest BCUT2D eigenvalue weighted by atomic mass is 16.5. The van der Waals surface area contributed by atoms with Crippen molar-refractivity contribution in [3.8, 4) is 11.5 Å². The number of tetrazole rings is 1. The standard InChI is InChI=1S/C17H21N5O4/c1-9(2)8-26-16(24)14-10(3)18-17-19-20-21-22(17)15(14)11-5-6-12(23)13(7-11)25-4/h5-7,9,15,23H,8H2,1-4H3,(H,18,19,21). The number of phenols is 1. The number of anilines is 1. The number of hydrogen-bond donors (Lipinski definition) is 2. The number of aromatic hydroxyl groups is 1. The molecule has 0 saturated heterocycles. The van der Waals surface area contributed by atoms with Gasteiger partial charge in [0, 0.05) is 5.70 Å². The zero-order valence-corrected chi connectivity index (χ0v) is 15.1. The topological polar surface area (TPSA) is 111 Å². The number of hydrogen-bond acceptors (Lipinski definition) is 8. The van der Waals surface area contributed by atoms with Gasteiger partial charge in [-0.15, -0.1) is 0 Å². The molecule has 1 unspecified atom stereocenters. The van der Waals surface area contributed by atoms with E-state index in [0.717, 1.165) is 0 Å². The first-order valence-corrected chi connectivity index (χ1v) is 8.22. The highest BCUT2D eigenvalue weighted by Crippen LogP contribution is 2.38. The zero-order chi connectivity index (χ0) is 18.8. The minimum absolute atomic E-state index is 0.00626. The Morgan fingerprint density at radius 3 is 2.88 bits per heavy atom. The molecule has 138 valence electrons. The lowest BCUT2D eigenvalue weighted by atomic mass is 9.95. The maximum Gasteiger partial charge on any atom is 0.338 e. The number of methoxy groups -OCH3 is 1. The van der Waals surface area contributed by atoms with Crippen LogP contribution in [0.1, 0.15) is 32.4 Å². The quantitative estimate of drug-likeness (QED) is 0.778. The first kappa shape index (κ1) is 17.7. The van der Waals surface area contributed by atoms with Crippen molar-refractivity contribution >= 4 is 11.9 Å². The van der Waals surface area contributed by atoms with Crippen LogP contribution in [0, 0.1) is 5.92 Å². The summed E-state index contributed by atoms with van der Waals surface area (Å²) in [5, 5.41) is 24.5. The number of ether oxygens (including phenoxy) is 2. The van der Waals surface area contributed by atoms with Gasteiger partial charge < -0.3 is 19.9 Å². The number of phenolic OH excluding ortho intramolecular Hbond substituents is 1. The smallest absolute Gasteiger partial charge is 0.338 e. The van der Waals surface area contributed by atoms with Gasteiger partial charge in [0.05, 0.1) is 19.3 Å². The predicted octanol–water partition coefficient (Wildman–Crippen LogP) is 1.88. The van der Waals surface area contributed by atoms with Gasteiger partial charge in [-0.1, -0.05) is 25.0 Å². The number of carbonyl (C=O) groups excluding carboxylic acids is 1. The minimum atomic E-state index is -0.601. The number of allylic oxidation sites excluding steroid dienone is 1. The van der Waals surface area contributed by atoms with Crippen molar-refractivity contribution in [3.63, 3.8) is 0 Å². The van der Waals surface area contributed by atoms with E-state index in [4.69, 9.17) is 9.47 Å². The molecule has 2 aromatic rings. The number of benzene rings is 1. The van der Waals surface area contributed by atoms with E-state index in [-0.39, 0.29) is 11.7 Å². The predicted molar refractivity (Wildman–Crippen MR) is 92.7 cm³/mol. The Hall–Kier alpha value is -3.10. The van der Waals surface area contributed by atoms with Gasteiger partial charge in [-0.25, -0.2) is 4.79 Å². The summed E-state index contributed by atoms with van der Waals surface area (Å²) in [6.45, 7) is 6.02. The Balaban J connectivity index is 2.07. The molecule has 1 aliphatic rings. The molecule has 9 heteroatoms. The van der Waals surface area contributed by atoms with Gasteiger partial charge in [0.15, 0.2) is 11.5 Å². The van der Waals surface area contributed by atoms with Crippen LogP contribution in [0.25, 0.3) is 0 Å². The average molecular weight is 359 g/mol. The summed E-state index contributed by atoms with van der Waals surface area (Å²) in [6, 6.07) is 4.25. The van der Waals surface area contributed by atoms with E-state index in [0.29, 0.717) is 35.1 Å². The molecular formula is C17H21N5O4. The SMILES string of the molecule is COc1cc(C2C(C(=O)OCC(C)C)=C(C)Nc3nnnn32)ccc1O. The van der Waals surface area contributed by atoms with Gasteiger partial charge >= 0.3 is 5.97 Å². The summed E-state index contributed by atoms with van der Waals surface area (Å²) in [7, 11) is 1.46. The van der Waals surface area contributed by atoms with Crippen LogP contribution >= 0.6 is 0 Å². The Morgan fingerprint density at radius 1 is 1.42 bits per heavy atom. The summed E-state index contributed by atoms with van der Waals surface area (Å²) in [6.07, 6.45) is 0. The van der Waals surface area contributed by atoms with Gasteiger partial charge in [0.1, 0.15) is 6.04 Å². The van der Waals surface area contributed by atoms with Crippen LogP contribution in [0.5, 0.6) is 11.5 Å². The molecule has 1 atom stereocenters. The van der Waals surface area contributed by atoms with Gasteiger partial charge in [0.2, 0.25) is 5.95 Å². The van der Waals surface area contributed by atoms with Crippen molar-refractivity contribution in [1.82, 2.24) is 20.2 Å². The average Bonchev–Trinajstić information content (AvgIpc) is 3.07. The van der Waals surface area contributed by atoms with Crippen LogP contribution in [0.3, 0.4) is 0 Å². The Kier molecular flexibility index (Phi) is 4.79. The Bertz CT molecular complexity index is 859. The third kappa shape index (κ3) is 3.19. The third-order valence-electron chi connectivity index (χ3n) is 4.00. The maximum atomic E-state index is 12.8. The number of esters is 1. The summed E-state index contributed by atoms with van der Waals surface area (Å²) < 4.78 is 12.1. The minimum Gasteiger partial charge on any atom is -0.504 e. The normalized spacial score (nSPS) is 16.3. The molecule has 0 fully saturated rings. The van der Waals surface area contributed by atoms with E-state index in [2.05, 4.69) is 20.8 Å². The number of carbonyl (C=O) groups is 1. The largest absolute Gasteiger partial charge is 0.504 e. The molecule has 0 saturated carbocycles. The number of rotatable bonds is 5. The summed E-state index contributed by atoms with van der Waals surface area (Å²) in [5.41, 5.74) is 1.70. The fraction of sp³-hybridized carbons (Fsp3) is 0.412. The molecule has 2 heterocycles. The molecule has 26 heavy (non-hydrogen) atoms.